The molecule has 19 heteroatoms. The predicted molar refractivity (Wildman–Crippen MR) is 283 cm³/mol. The van der Waals surface area contributed by atoms with Crippen molar-refractivity contribution in [2.75, 3.05) is 80.1 Å². The van der Waals surface area contributed by atoms with Crippen LogP contribution in [0, 0.1) is 18.2 Å². The molecular weight excluding hydrogens is 989 g/mol. The fourth-order valence-electron chi connectivity index (χ4n) is 11.7. The molecule has 0 radical (unpaired) electrons. The highest BCUT2D eigenvalue weighted by atomic mass is 79.9. The number of rotatable bonds is 11. The Balaban J connectivity index is 0.771. The minimum atomic E-state index is -2.92. The van der Waals surface area contributed by atoms with Gasteiger partial charge in [-0.3, -0.25) is 29.0 Å². The number of hydrogen-bond donors (Lipinski definition) is 3. The lowest BCUT2D eigenvalue weighted by Gasteiger charge is -2.50. The molecule has 4 aliphatic rings. The van der Waals surface area contributed by atoms with E-state index in [-0.39, 0.29) is 23.7 Å². The highest BCUT2D eigenvalue weighted by Crippen LogP contribution is 2.46. The lowest BCUT2D eigenvalue weighted by molar-refractivity contribution is -0.135. The van der Waals surface area contributed by atoms with E-state index in [4.69, 9.17) is 9.72 Å². The maximum absolute atomic E-state index is 14.8. The Morgan fingerprint density at radius 2 is 1.62 bits per heavy atom. The highest BCUT2D eigenvalue weighted by Gasteiger charge is 2.40. The van der Waals surface area contributed by atoms with E-state index in [1.54, 1.807) is 61.9 Å². The van der Waals surface area contributed by atoms with Gasteiger partial charge in [0.2, 0.25) is 17.8 Å². The molecule has 3 N–H and O–H groups in total. The molecule has 4 aliphatic heterocycles. The number of likely N-dealkylation sites (tertiary alicyclic amines) is 1. The maximum atomic E-state index is 14.8. The standard InChI is InChI=1S/C52H62BrFN11O5P/c1-7-32-27-39(58-50-55-30-35(53)48(60-50)57-38-12-11-37-34(47(38)71(5,6)69)28-36(54)31(2)56-37)44(70-4)29-43(32)64-25-19-52(20-26-64)17-23-62(24-18-52)33-15-21-63(22-16-33)40-9-8-10-41-46(40)61(3)51(68)65(41)42-13-14-45(66)59-49(42)67/h8-12,27-30,33,42H,7,13-26H2,1-6H3,(H,59,66,67)(H2,55,57,58,60). The van der Waals surface area contributed by atoms with E-state index >= 15 is 0 Å². The molecule has 7 heterocycles. The number of ether oxygens (including phenoxy) is 1. The number of anilines is 6. The molecule has 71 heavy (non-hydrogen) atoms. The number of imidazole rings is 1. The van der Waals surface area contributed by atoms with Crippen molar-refractivity contribution in [3.63, 3.8) is 0 Å². The van der Waals surface area contributed by atoms with Gasteiger partial charge >= 0.3 is 5.69 Å². The van der Waals surface area contributed by atoms with Gasteiger partial charge in [-0.2, -0.15) is 4.98 Å². The number of aromatic nitrogens is 5. The van der Waals surface area contributed by atoms with Crippen LogP contribution in [0.4, 0.5) is 38.9 Å². The summed E-state index contributed by atoms with van der Waals surface area (Å²) in [6, 6.07) is 15.0. The summed E-state index contributed by atoms with van der Waals surface area (Å²) in [6.45, 7) is 13.1. The molecule has 4 fully saturated rings. The first-order chi connectivity index (χ1) is 34.0. The molecule has 1 atom stereocenters. The molecule has 0 bridgehead atoms. The minimum absolute atomic E-state index is 0.215. The van der Waals surface area contributed by atoms with Crippen LogP contribution in [0.5, 0.6) is 5.75 Å². The summed E-state index contributed by atoms with van der Waals surface area (Å²) in [5.74, 6) is 0.303. The van der Waals surface area contributed by atoms with Gasteiger partial charge < -0.3 is 34.6 Å². The maximum Gasteiger partial charge on any atom is 0.329 e. The third-order valence-electron chi connectivity index (χ3n) is 15.6. The number of benzene rings is 3. The van der Waals surface area contributed by atoms with Gasteiger partial charge in [0.25, 0.3) is 0 Å². The second kappa shape index (κ2) is 19.3. The van der Waals surface area contributed by atoms with Gasteiger partial charge in [-0.15, -0.1) is 0 Å². The molecule has 374 valence electrons. The predicted octanol–water partition coefficient (Wildman–Crippen LogP) is 8.52. The number of nitrogens with one attached hydrogen (secondary N) is 3. The lowest BCUT2D eigenvalue weighted by Crippen LogP contribution is -2.52. The van der Waals surface area contributed by atoms with Crippen molar-refractivity contribution in [1.82, 2.24) is 34.3 Å². The van der Waals surface area contributed by atoms with Crippen LogP contribution in [-0.4, -0.2) is 107 Å². The Hall–Kier alpha value is -5.84. The summed E-state index contributed by atoms with van der Waals surface area (Å²) < 4.78 is 38.3. The highest BCUT2D eigenvalue weighted by molar-refractivity contribution is 9.10. The zero-order valence-corrected chi connectivity index (χ0v) is 43.8. The van der Waals surface area contributed by atoms with Crippen LogP contribution in [0.15, 0.2) is 64.0 Å². The van der Waals surface area contributed by atoms with Crippen molar-refractivity contribution in [1.29, 1.82) is 0 Å². The molecule has 3 aromatic carbocycles. The molecule has 2 amide bonds. The first kappa shape index (κ1) is 48.8. The number of halogens is 2. The molecule has 10 rings (SSSR count). The lowest BCUT2D eigenvalue weighted by atomic mass is 9.70. The summed E-state index contributed by atoms with van der Waals surface area (Å²) in [6.07, 6.45) is 9.78. The van der Waals surface area contributed by atoms with Crippen molar-refractivity contribution in [2.45, 2.75) is 83.7 Å². The number of nitrogens with zero attached hydrogens (tertiary/aromatic N) is 8. The number of carbonyl (C=O) groups excluding carboxylic acids is 2. The van der Waals surface area contributed by atoms with Crippen LogP contribution in [0.2, 0.25) is 0 Å². The number of para-hydroxylation sites is 1. The van der Waals surface area contributed by atoms with Crippen molar-refractivity contribution in [2.24, 2.45) is 12.5 Å². The second-order valence-corrected chi connectivity index (χ2v) is 24.2. The van der Waals surface area contributed by atoms with Gasteiger partial charge in [0.15, 0.2) is 0 Å². The largest absolute Gasteiger partial charge is 0.494 e. The van der Waals surface area contributed by atoms with Gasteiger partial charge in [-0.25, -0.2) is 14.2 Å². The molecule has 1 spiro atoms. The number of hydrogen-bond acceptors (Lipinski definition) is 13. The second-order valence-electron chi connectivity index (χ2n) is 20.2. The van der Waals surface area contributed by atoms with E-state index < -0.39 is 24.9 Å². The van der Waals surface area contributed by atoms with Crippen molar-refractivity contribution >= 4 is 96.6 Å². The third-order valence-corrected chi connectivity index (χ3v) is 17.8. The number of fused-ring (bicyclic) bond motifs is 2. The van der Waals surface area contributed by atoms with Crippen LogP contribution >= 0.6 is 23.1 Å². The van der Waals surface area contributed by atoms with E-state index in [9.17, 15) is 23.3 Å². The number of piperidine rings is 4. The zero-order valence-electron chi connectivity index (χ0n) is 41.3. The van der Waals surface area contributed by atoms with Gasteiger partial charge in [-0.1, -0.05) is 13.0 Å². The summed E-state index contributed by atoms with van der Waals surface area (Å²) >= 11 is 3.59. The Morgan fingerprint density at radius 3 is 2.31 bits per heavy atom. The number of aryl methyl sites for hydroxylation is 3. The molecular formula is C52H62BrFN11O5P. The smallest absolute Gasteiger partial charge is 0.329 e. The Morgan fingerprint density at radius 1 is 0.901 bits per heavy atom. The van der Waals surface area contributed by atoms with E-state index in [0.717, 1.165) is 93.8 Å². The van der Waals surface area contributed by atoms with Gasteiger partial charge in [-0.05, 0) is 148 Å². The summed E-state index contributed by atoms with van der Waals surface area (Å²) in [5, 5.41) is 10.2. The topological polar surface area (TPSA) is 172 Å². The number of pyridine rings is 1. The zero-order chi connectivity index (χ0) is 49.9. The quantitative estimate of drug-likeness (QED) is 0.0834. The van der Waals surface area contributed by atoms with Crippen molar-refractivity contribution in [3.8, 4) is 5.75 Å². The average molecular weight is 1050 g/mol. The fourth-order valence-corrected chi connectivity index (χ4v) is 13.4. The van der Waals surface area contributed by atoms with Crippen LogP contribution < -0.4 is 41.5 Å². The number of carbonyl (C=O) groups is 2. The third kappa shape index (κ3) is 9.31. The number of amides is 2. The first-order valence-corrected chi connectivity index (χ1v) is 28.1. The van der Waals surface area contributed by atoms with E-state index in [0.29, 0.717) is 61.8 Å². The molecule has 0 aliphatic carbocycles. The first-order valence-electron chi connectivity index (χ1n) is 24.7. The van der Waals surface area contributed by atoms with Gasteiger partial charge in [0.1, 0.15) is 30.6 Å². The summed E-state index contributed by atoms with van der Waals surface area (Å²) in [7, 11) is 0.531. The number of methoxy groups -OCH3 is 1. The van der Waals surface area contributed by atoms with Crippen LogP contribution in [-0.2, 0) is 27.6 Å². The molecule has 16 nitrogen and oxygen atoms in total. The van der Waals surface area contributed by atoms with Crippen molar-refractivity contribution in [3.05, 3.63) is 86.8 Å². The molecule has 4 saturated heterocycles. The van der Waals surface area contributed by atoms with E-state index in [1.807, 2.05) is 12.1 Å². The van der Waals surface area contributed by atoms with Crippen molar-refractivity contribution < 1.29 is 23.3 Å². The van der Waals surface area contributed by atoms with Gasteiger partial charge in [0.05, 0.1) is 50.9 Å². The Bertz CT molecular complexity index is 3180. The average Bonchev–Trinajstić information content (AvgIpc) is 3.61. The van der Waals surface area contributed by atoms with Gasteiger partial charge in [0, 0.05) is 74.3 Å². The fraction of sp³-hybridized carbons (Fsp3) is 0.462. The summed E-state index contributed by atoms with van der Waals surface area (Å²) in [4.78, 5) is 59.7. The molecule has 6 aromatic rings. The Labute approximate surface area is 421 Å². The van der Waals surface area contributed by atoms with Crippen LogP contribution in [0.25, 0.3) is 21.9 Å². The normalized spacial score (nSPS) is 19.2. The molecule has 0 saturated carbocycles. The number of imide groups is 1. The molecule has 1 unspecified atom stereocenters. The Kier molecular flexibility index (Phi) is 13.3. The summed E-state index contributed by atoms with van der Waals surface area (Å²) in [5.41, 5.74) is 7.19. The monoisotopic (exact) mass is 1050 g/mol. The molecule has 3 aromatic heterocycles. The minimum Gasteiger partial charge on any atom is -0.494 e. The van der Waals surface area contributed by atoms with Crippen LogP contribution in [0.3, 0.4) is 0 Å². The van der Waals surface area contributed by atoms with E-state index in [1.165, 1.54) is 30.2 Å². The van der Waals surface area contributed by atoms with E-state index in [2.05, 4.69) is 81.7 Å². The SMILES string of the molecule is CCc1cc(Nc2ncc(Br)c(Nc3ccc4nc(C)c(F)cc4c3P(C)(C)=O)n2)c(OC)cc1N1CCC2(CC1)CCN(C1CCN(c3cccc4c3n(C)c(=O)n4C3CCC(=O)NC3=O)CC1)CC2. The van der Waals surface area contributed by atoms with Crippen LogP contribution in [0.1, 0.15) is 75.6 Å².